The number of furan rings is 7. The molecule has 0 radical (unpaired) electrons. The third-order valence-electron chi connectivity index (χ3n) is 29.1. The molecule has 2 N–H and O–H groups in total. The Morgan fingerprint density at radius 2 is 0.688 bits per heavy atom. The van der Waals surface area contributed by atoms with Crippen LogP contribution in [-0.2, 0) is 0 Å². The summed E-state index contributed by atoms with van der Waals surface area (Å²) in [6, 6.07) is 148. The Bertz CT molecular complexity index is 11000. The minimum absolute atomic E-state index is 0. The zero-order chi connectivity index (χ0) is 91.0. The van der Waals surface area contributed by atoms with Crippen LogP contribution in [0.25, 0.3) is 271 Å². The maximum atomic E-state index is 7.38. The van der Waals surface area contributed by atoms with Gasteiger partial charge in [-0.05, 0) is 161 Å². The fourth-order valence-electron chi connectivity index (χ4n) is 23.0. The van der Waals surface area contributed by atoms with Gasteiger partial charge in [0.2, 0.25) is 0 Å². The van der Waals surface area contributed by atoms with E-state index in [-0.39, 0.29) is 31.1 Å². The summed E-state index contributed by atoms with van der Waals surface area (Å²) in [7, 11) is 0. The zero-order valence-electron chi connectivity index (χ0n) is 74.5. The fraction of sp³-hybridized carbons (Fsp3) is 0. The Kier molecular flexibility index (Phi) is 16.7. The Morgan fingerprint density at radius 3 is 1.39 bits per heavy atom. The van der Waals surface area contributed by atoms with Crippen molar-refractivity contribution in [2.24, 2.45) is 0 Å². The van der Waals surface area contributed by atoms with Crippen molar-refractivity contribution in [3.05, 3.63) is 406 Å². The summed E-state index contributed by atoms with van der Waals surface area (Å²) in [6.45, 7) is 0. The van der Waals surface area contributed by atoms with Crippen LogP contribution < -0.4 is 14.7 Å². The van der Waals surface area contributed by atoms with E-state index < -0.39 is 0 Å². The molecular weight excluding hydrogens is 2000 g/mol. The number of rotatable bonds is 12. The summed E-state index contributed by atoms with van der Waals surface area (Å²) in [6.07, 6.45) is 0. The minimum Gasteiger partial charge on any atom is -0.510 e. The molecule has 0 atom stereocenters. The van der Waals surface area contributed by atoms with Crippen LogP contribution >= 0.6 is 22.7 Å². The van der Waals surface area contributed by atoms with Crippen molar-refractivity contribution in [3.63, 3.8) is 0 Å². The minimum atomic E-state index is 0. The van der Waals surface area contributed by atoms with Crippen LogP contribution in [0.2, 0.25) is 0 Å². The smallest absolute Gasteiger partial charge is 0.510 e. The Hall–Kier alpha value is -17.3. The number of benzene rings is 21. The zero-order valence-corrected chi connectivity index (χ0v) is 80.3. The molecule has 0 saturated heterocycles. The normalized spacial score (nSPS) is 12.3. The Morgan fingerprint density at radius 1 is 0.220 bits per heavy atom. The van der Waals surface area contributed by atoms with E-state index in [1.165, 1.54) is 15.5 Å². The third-order valence-corrected chi connectivity index (χ3v) is 31.5. The van der Waals surface area contributed by atoms with E-state index in [0.717, 1.165) is 307 Å². The number of thiophene rings is 2. The van der Waals surface area contributed by atoms with E-state index in [9.17, 15) is 0 Å². The molecular formula is C126H67N5O7S2U. The van der Waals surface area contributed by atoms with Gasteiger partial charge in [-0.2, -0.15) is 35.9 Å². The van der Waals surface area contributed by atoms with E-state index in [1.807, 2.05) is 83.3 Å². The van der Waals surface area contributed by atoms with Gasteiger partial charge in [-0.3, -0.25) is 0 Å². The Balaban J connectivity index is 0.00000914. The SMILES string of the molecule is [U+2].[c-]1ccccc1-c1[c-]cc(N(c2cccc3c2sc2cc(-c4ccc5c(c4)[nH]c4cc(N(c6ccc7c(c6)oc6ccccc67)c6cc7oc8ccccc8c7c7oc8ccccc8c67)ccc45)ccc23)c2cccc3c2sc2cccc(-c4ccc5oc6c(N(c7cccc8c7oc7ccccc78)c7cc8[nH]c9ccccc9c8c8oc9ccccc9c78)cccc6c5c4)c23)c2c1oc1ccccc12. The van der Waals surface area contributed by atoms with Crippen molar-refractivity contribution in [2.75, 3.05) is 14.7 Å². The second-order valence-corrected chi connectivity index (χ2v) is 38.7. The summed E-state index contributed by atoms with van der Waals surface area (Å²) < 4.78 is 53.6. The number of para-hydroxylation sites is 9. The molecule has 32 rings (SSSR count). The van der Waals surface area contributed by atoms with Gasteiger partial charge < -0.3 is 55.6 Å². The van der Waals surface area contributed by atoms with Crippen molar-refractivity contribution in [1.82, 2.24) is 9.97 Å². The average Bonchev–Trinajstić information content (AvgIpc) is 1.56. The second-order valence-electron chi connectivity index (χ2n) is 36.6. The van der Waals surface area contributed by atoms with Gasteiger partial charge in [0.25, 0.3) is 0 Å². The largest absolute Gasteiger partial charge is 2.00 e. The van der Waals surface area contributed by atoms with Gasteiger partial charge in [0.05, 0.1) is 70.6 Å². The van der Waals surface area contributed by atoms with Crippen molar-refractivity contribution in [3.8, 4) is 33.4 Å². The second kappa shape index (κ2) is 29.9. The van der Waals surface area contributed by atoms with Gasteiger partial charge in [-0.15, -0.1) is 34.8 Å². The number of nitrogens with zero attached hydrogens (tertiary/aromatic N) is 3. The van der Waals surface area contributed by atoms with E-state index in [1.54, 1.807) is 0 Å². The molecule has 11 heterocycles. The Labute approximate surface area is 830 Å². The fourth-order valence-corrected chi connectivity index (χ4v) is 25.5. The standard InChI is InChI=1S/C126H67N5O7S2.U/c1-2-23-68(24-3-1)75-58-59-96(116-86-28-7-15-45-106(86)136-122(75)116)130(99-40-20-35-84-81-55-50-70(63-113(81)140-125(84)99)69-49-54-76-77-56-52-72(64-94(77)128-93(76)62-69)129(73-53-57-80-78-25-5-12-42-103(78)132-110(80)65-73)102-67-111-119(89-31-10-14-44-105(89)133-111)124-118(102)88-30-9-17-47-108(88)138-124)100-41-21-36-90-114-74(32-22-48-112(114)139-126(90)100)71-51-60-109-91(61-71)83-34-19-39-98(121(83)135-109)131(97-38-18-33-82-79-26-6-13-43-104(79)134-120(82)97)101-66-95-115(85-27-4-11-37-92(85)127-95)123-117(101)87-29-8-16-46-107(87)137-123;/h1-23,25-57,59-67,127-128H;/q-2;+2. The van der Waals surface area contributed by atoms with Crippen LogP contribution in [-0.4, -0.2) is 9.97 Å². The van der Waals surface area contributed by atoms with Crippen LogP contribution in [0.4, 0.5) is 51.2 Å². The molecule has 0 aliphatic heterocycles. The van der Waals surface area contributed by atoms with Crippen molar-refractivity contribution >= 4 is 311 Å². The molecule has 32 aromatic rings. The average molecular weight is 2070 g/mol. The maximum Gasteiger partial charge on any atom is 2.00 e. The van der Waals surface area contributed by atoms with Gasteiger partial charge in [0.15, 0.2) is 11.2 Å². The molecule has 0 aliphatic carbocycles. The topological polar surface area (TPSA) is 133 Å². The molecule has 0 unspecified atom stereocenters. The van der Waals surface area contributed by atoms with Gasteiger partial charge in [0, 0.05) is 147 Å². The number of aromatic nitrogens is 2. The predicted octanol–water partition coefficient (Wildman–Crippen LogP) is 38.0. The molecule has 0 saturated carbocycles. The predicted molar refractivity (Wildman–Crippen MR) is 580 cm³/mol. The van der Waals surface area contributed by atoms with Gasteiger partial charge in [-0.1, -0.05) is 224 Å². The molecule has 0 bridgehead atoms. The van der Waals surface area contributed by atoms with E-state index in [2.05, 4.69) is 370 Å². The number of aromatic amines is 2. The number of fused-ring (bicyclic) bond motifs is 35. The molecule has 11 aromatic heterocycles. The molecule has 0 spiro atoms. The number of hydrogen-bond acceptors (Lipinski definition) is 12. The molecule has 15 heteroatoms. The van der Waals surface area contributed by atoms with Gasteiger partial charge in [-0.25, -0.2) is 5.56 Å². The molecule has 0 amide bonds. The van der Waals surface area contributed by atoms with Crippen molar-refractivity contribution in [1.29, 1.82) is 0 Å². The molecule has 141 heavy (non-hydrogen) atoms. The molecule has 0 aliphatic rings. The van der Waals surface area contributed by atoms with Crippen molar-refractivity contribution < 1.29 is 62.0 Å². The quantitative estimate of drug-likeness (QED) is 0.114. The molecule has 12 nitrogen and oxygen atoms in total. The van der Waals surface area contributed by atoms with E-state index >= 15 is 0 Å². The van der Waals surface area contributed by atoms with E-state index in [4.69, 9.17) is 30.9 Å². The number of H-pyrrole nitrogens is 2. The van der Waals surface area contributed by atoms with Crippen molar-refractivity contribution in [2.45, 2.75) is 0 Å². The maximum absolute atomic E-state index is 7.38. The third kappa shape index (κ3) is 11.4. The summed E-state index contributed by atoms with van der Waals surface area (Å²) in [5.41, 5.74) is 29.4. The molecule has 0 fully saturated rings. The monoisotopic (exact) mass is 2060 g/mol. The summed E-state index contributed by atoms with van der Waals surface area (Å²) in [5, 5.41) is 23.0. The van der Waals surface area contributed by atoms with Gasteiger partial charge in [0.1, 0.15) is 61.4 Å². The summed E-state index contributed by atoms with van der Waals surface area (Å²) in [4.78, 5) is 14.9. The van der Waals surface area contributed by atoms with Crippen LogP contribution in [0.1, 0.15) is 0 Å². The molecule has 21 aromatic carbocycles. The number of nitrogens with one attached hydrogen (secondary N) is 2. The first kappa shape index (κ1) is 78.8. The first-order valence-corrected chi connectivity index (χ1v) is 48.6. The summed E-state index contributed by atoms with van der Waals surface area (Å²) in [5.74, 6) is 0. The van der Waals surface area contributed by atoms with Crippen LogP contribution in [0.5, 0.6) is 0 Å². The van der Waals surface area contributed by atoms with Crippen LogP contribution in [0.15, 0.2) is 425 Å². The van der Waals surface area contributed by atoms with Crippen LogP contribution in [0, 0.1) is 43.2 Å². The van der Waals surface area contributed by atoms with Gasteiger partial charge >= 0.3 is 31.1 Å². The first-order valence-electron chi connectivity index (χ1n) is 46.9. The number of hydrogen-bond donors (Lipinski definition) is 2. The number of anilines is 9. The first-order chi connectivity index (χ1) is 69.4. The van der Waals surface area contributed by atoms with E-state index in [0.29, 0.717) is 0 Å². The summed E-state index contributed by atoms with van der Waals surface area (Å²) >= 11 is 3.65. The molecule has 654 valence electrons. The van der Waals surface area contributed by atoms with Crippen LogP contribution in [0.3, 0.4) is 0 Å².